The van der Waals surface area contributed by atoms with E-state index in [0.29, 0.717) is 18.2 Å². The molecule has 1 saturated heterocycles. The van der Waals surface area contributed by atoms with Crippen LogP contribution in [0, 0.1) is 5.92 Å². The Morgan fingerprint density at radius 2 is 1.88 bits per heavy atom. The summed E-state index contributed by atoms with van der Waals surface area (Å²) in [4.78, 5) is 15.2. The second kappa shape index (κ2) is 9.86. The fraction of sp³-hybridized carbons (Fsp3) is 0.588. The number of nitrogen functional groups attached to an aromatic ring is 1. The lowest BCUT2D eigenvalue weighted by Crippen LogP contribution is -2.44. The highest BCUT2D eigenvalue weighted by atomic mass is 32.1. The van der Waals surface area contributed by atoms with Gasteiger partial charge in [0.1, 0.15) is 5.60 Å². The summed E-state index contributed by atoms with van der Waals surface area (Å²) in [6, 6.07) is 5.82. The van der Waals surface area contributed by atoms with Gasteiger partial charge < -0.3 is 20.8 Å². The van der Waals surface area contributed by atoms with E-state index in [1.54, 1.807) is 0 Å². The molecule has 0 spiro atoms. The maximum atomic E-state index is 12.6. The molecule has 0 unspecified atom stereocenters. The van der Waals surface area contributed by atoms with E-state index in [1.165, 1.54) is 0 Å². The number of carbonyl (C=O) groups is 1. The van der Waals surface area contributed by atoms with Crippen molar-refractivity contribution in [2.24, 2.45) is 17.6 Å². The smallest absolute Gasteiger partial charge is 0.410 e. The molecule has 1 heterocycles. The van der Waals surface area contributed by atoms with Gasteiger partial charge in [-0.1, -0.05) is 13.0 Å². The van der Waals surface area contributed by atoms with Crippen LogP contribution in [0.15, 0.2) is 23.1 Å². The zero-order chi connectivity index (χ0) is 18.5. The molecular weight excluding hydrogens is 340 g/mol. The lowest BCUT2D eigenvalue weighted by Gasteiger charge is -2.39. The molecule has 1 fully saturated rings. The Morgan fingerprint density at radius 1 is 1.28 bits per heavy atom. The zero-order valence-electron chi connectivity index (χ0n) is 15.5. The summed E-state index contributed by atoms with van der Waals surface area (Å²) >= 11 is 4.31. The number of hydrazine groups is 1. The highest BCUT2D eigenvalue weighted by molar-refractivity contribution is 7.80. The van der Waals surface area contributed by atoms with E-state index in [2.05, 4.69) is 31.2 Å². The maximum Gasteiger partial charge on any atom is 0.410 e. The summed E-state index contributed by atoms with van der Waals surface area (Å²) < 4.78 is 5.57. The maximum absolute atomic E-state index is 12.6. The first-order chi connectivity index (χ1) is 11.2. The number of ether oxygens (including phenoxy) is 1. The van der Waals surface area contributed by atoms with Crippen LogP contribution >= 0.6 is 12.6 Å². The van der Waals surface area contributed by atoms with Crippen molar-refractivity contribution in [3.8, 4) is 0 Å². The van der Waals surface area contributed by atoms with Crippen LogP contribution in [0.5, 0.6) is 0 Å². The number of piperidine rings is 1. The Labute approximate surface area is 155 Å². The van der Waals surface area contributed by atoms with E-state index in [9.17, 15) is 4.79 Å². The first-order valence-electron chi connectivity index (χ1n) is 8.08. The number of rotatable bonds is 1. The van der Waals surface area contributed by atoms with Crippen molar-refractivity contribution in [1.29, 1.82) is 0 Å². The molecule has 144 valence electrons. The predicted molar refractivity (Wildman–Crippen MR) is 104 cm³/mol. The summed E-state index contributed by atoms with van der Waals surface area (Å²) in [6.45, 7) is 8.55. The number of thiol groups is 1. The van der Waals surface area contributed by atoms with E-state index < -0.39 is 5.60 Å². The fourth-order valence-corrected chi connectivity index (χ4v) is 2.94. The number of nitrogens with zero attached hydrogens (tertiary/aromatic N) is 1. The Balaban J connectivity index is 0.00000185. The number of anilines is 1. The van der Waals surface area contributed by atoms with Crippen molar-refractivity contribution in [3.05, 3.63) is 23.8 Å². The third-order valence-electron chi connectivity index (χ3n) is 3.88. The quantitative estimate of drug-likeness (QED) is 0.259. The van der Waals surface area contributed by atoms with Gasteiger partial charge in [-0.15, -0.1) is 12.6 Å². The molecular formula is C17H32N4O3S. The SMILES string of the molecule is C[C@H]1CC[C@H](c2ccc(S)c(N)c2)N(C(=O)OC(C)(C)C)C1.NN.O. The number of hydrogen-bond donors (Lipinski definition) is 4. The molecule has 1 amide bonds. The van der Waals surface area contributed by atoms with Gasteiger partial charge in [0.15, 0.2) is 0 Å². The van der Waals surface area contributed by atoms with Crippen molar-refractivity contribution in [2.45, 2.75) is 57.1 Å². The minimum absolute atomic E-state index is 0. The zero-order valence-corrected chi connectivity index (χ0v) is 16.3. The van der Waals surface area contributed by atoms with Gasteiger partial charge in [0.2, 0.25) is 0 Å². The largest absolute Gasteiger partial charge is 0.444 e. The summed E-state index contributed by atoms with van der Waals surface area (Å²) in [5.74, 6) is 8.48. The molecule has 1 aromatic rings. The average Bonchev–Trinajstić information content (AvgIpc) is 2.50. The standard InChI is InChI=1S/C17H26N2O2S.H4N2.H2O/c1-11-5-7-14(12-6-8-15(22)13(18)9-12)19(10-11)16(20)21-17(2,3)4;1-2;/h6,8-9,11,14,22H,5,7,10,18H2,1-4H3;1-2H2;1H2/t11-,14+;;/m0../s1. The van der Waals surface area contributed by atoms with Crippen LogP contribution in [0.25, 0.3) is 0 Å². The van der Waals surface area contributed by atoms with Crippen molar-refractivity contribution in [2.75, 3.05) is 12.3 Å². The Morgan fingerprint density at radius 3 is 2.40 bits per heavy atom. The predicted octanol–water partition coefficient (Wildman–Crippen LogP) is 2.26. The lowest BCUT2D eigenvalue weighted by atomic mass is 9.90. The summed E-state index contributed by atoms with van der Waals surface area (Å²) in [6.07, 6.45) is 1.76. The second-order valence-corrected chi connectivity index (χ2v) is 7.63. The van der Waals surface area contributed by atoms with Crippen molar-refractivity contribution in [1.82, 2.24) is 4.90 Å². The van der Waals surface area contributed by atoms with Gasteiger partial charge in [-0.05, 0) is 57.2 Å². The molecule has 25 heavy (non-hydrogen) atoms. The van der Waals surface area contributed by atoms with Gasteiger partial charge in [-0.25, -0.2) is 4.79 Å². The fourth-order valence-electron chi connectivity index (χ4n) is 2.80. The van der Waals surface area contributed by atoms with Crippen LogP contribution < -0.4 is 17.4 Å². The minimum atomic E-state index is -0.490. The van der Waals surface area contributed by atoms with E-state index in [1.807, 2.05) is 43.9 Å². The molecule has 7 nitrogen and oxygen atoms in total. The van der Waals surface area contributed by atoms with Gasteiger partial charge in [0.25, 0.3) is 0 Å². The third kappa shape index (κ3) is 6.74. The molecule has 0 radical (unpaired) electrons. The van der Waals surface area contributed by atoms with Gasteiger partial charge in [-0.2, -0.15) is 0 Å². The summed E-state index contributed by atoms with van der Waals surface area (Å²) in [5.41, 5.74) is 7.17. The number of nitrogens with two attached hydrogens (primary N) is 3. The molecule has 1 aliphatic heterocycles. The molecule has 2 atom stereocenters. The number of carbonyl (C=O) groups excluding carboxylic acids is 1. The normalized spacial score (nSPS) is 20.0. The van der Waals surface area contributed by atoms with Crippen LogP contribution in [0.1, 0.15) is 52.1 Å². The number of likely N-dealkylation sites (tertiary alicyclic amines) is 1. The first kappa shape index (κ1) is 23.5. The van der Waals surface area contributed by atoms with Crippen molar-refractivity contribution >= 4 is 24.4 Å². The van der Waals surface area contributed by atoms with Gasteiger partial charge in [-0.3, -0.25) is 11.7 Å². The molecule has 0 aromatic heterocycles. The number of benzene rings is 1. The van der Waals surface area contributed by atoms with Gasteiger partial charge in [0.05, 0.1) is 6.04 Å². The monoisotopic (exact) mass is 372 g/mol. The molecule has 8 N–H and O–H groups in total. The lowest BCUT2D eigenvalue weighted by molar-refractivity contribution is 0.00363. The van der Waals surface area contributed by atoms with E-state index in [0.717, 1.165) is 23.3 Å². The van der Waals surface area contributed by atoms with Gasteiger partial charge in [0, 0.05) is 17.1 Å². The number of hydrogen-bond acceptors (Lipinski definition) is 6. The van der Waals surface area contributed by atoms with Crippen molar-refractivity contribution in [3.63, 3.8) is 0 Å². The molecule has 0 saturated carbocycles. The van der Waals surface area contributed by atoms with Crippen LogP contribution in [0.3, 0.4) is 0 Å². The molecule has 0 bridgehead atoms. The van der Waals surface area contributed by atoms with Crippen molar-refractivity contribution < 1.29 is 15.0 Å². The second-order valence-electron chi connectivity index (χ2n) is 7.15. The van der Waals surface area contributed by atoms with Gasteiger partial charge >= 0.3 is 6.09 Å². The molecule has 8 heteroatoms. The topological polar surface area (TPSA) is 139 Å². The Bertz CT molecular complexity index is 563. The van der Waals surface area contributed by atoms with E-state index in [4.69, 9.17) is 10.5 Å². The summed E-state index contributed by atoms with van der Waals surface area (Å²) in [7, 11) is 0. The first-order valence-corrected chi connectivity index (χ1v) is 8.53. The van der Waals surface area contributed by atoms with E-state index >= 15 is 0 Å². The highest BCUT2D eigenvalue weighted by Gasteiger charge is 2.33. The highest BCUT2D eigenvalue weighted by Crippen LogP contribution is 2.35. The summed E-state index contributed by atoms with van der Waals surface area (Å²) in [5, 5.41) is 0. The Hall–Kier alpha value is -1.48. The van der Waals surface area contributed by atoms with Crippen LogP contribution in [-0.2, 0) is 4.74 Å². The molecule has 0 aliphatic carbocycles. The molecule has 1 aliphatic rings. The Kier molecular flexibility index (Phi) is 9.28. The molecule has 1 aromatic carbocycles. The van der Waals surface area contributed by atoms with E-state index in [-0.39, 0.29) is 17.6 Å². The minimum Gasteiger partial charge on any atom is -0.444 e. The van der Waals surface area contributed by atoms with Crippen LogP contribution in [-0.4, -0.2) is 28.6 Å². The van der Waals surface area contributed by atoms with Crippen LogP contribution in [0.2, 0.25) is 0 Å². The average molecular weight is 373 g/mol. The number of amides is 1. The molecule has 2 rings (SSSR count). The van der Waals surface area contributed by atoms with Crippen LogP contribution in [0.4, 0.5) is 10.5 Å². The third-order valence-corrected chi connectivity index (χ3v) is 4.29.